The average molecular weight is 313 g/mol. The van der Waals surface area contributed by atoms with Gasteiger partial charge in [-0.25, -0.2) is 15.0 Å². The molecule has 0 fully saturated rings. The minimum atomic E-state index is -0.762. The molecule has 2 aromatic carbocycles. The Hall–Kier alpha value is -3.35. The van der Waals surface area contributed by atoms with Crippen LogP contribution < -0.4 is 20.6 Å². The first-order chi connectivity index (χ1) is 11.1. The monoisotopic (exact) mass is 313 g/mol. The molecule has 3 N–H and O–H groups in total. The zero-order chi connectivity index (χ0) is 16.7. The van der Waals surface area contributed by atoms with E-state index in [1.165, 1.54) is 13.3 Å². The SMILES string of the molecule is COc1cc(C=NNC(N)=O)ccc1OC(=O)c1ccccc1. The van der Waals surface area contributed by atoms with Crippen LogP contribution in [0.4, 0.5) is 4.79 Å². The minimum absolute atomic E-state index is 0.279. The molecule has 7 heteroatoms. The van der Waals surface area contributed by atoms with Gasteiger partial charge in [-0.05, 0) is 35.9 Å². The van der Waals surface area contributed by atoms with E-state index in [1.54, 1.807) is 42.5 Å². The number of rotatable bonds is 5. The third-order valence-electron chi connectivity index (χ3n) is 2.79. The van der Waals surface area contributed by atoms with Gasteiger partial charge in [0.05, 0.1) is 18.9 Å². The Morgan fingerprint density at radius 3 is 2.52 bits per heavy atom. The fourth-order valence-corrected chi connectivity index (χ4v) is 1.75. The number of ether oxygens (including phenoxy) is 2. The van der Waals surface area contributed by atoms with Gasteiger partial charge >= 0.3 is 12.0 Å². The lowest BCUT2D eigenvalue weighted by molar-refractivity contribution is 0.0729. The van der Waals surface area contributed by atoms with Crippen molar-refractivity contribution in [1.82, 2.24) is 5.43 Å². The Morgan fingerprint density at radius 2 is 1.87 bits per heavy atom. The standard InChI is InChI=1S/C16H15N3O4/c1-22-14-9-11(10-18-19-16(17)21)7-8-13(14)23-15(20)12-5-3-2-4-6-12/h2-10H,1H3,(H3,17,19,21). The molecule has 7 nitrogen and oxygen atoms in total. The van der Waals surface area contributed by atoms with E-state index in [-0.39, 0.29) is 5.75 Å². The number of nitrogens with two attached hydrogens (primary N) is 1. The number of amides is 2. The molecule has 0 spiro atoms. The quantitative estimate of drug-likeness (QED) is 0.381. The van der Waals surface area contributed by atoms with Crippen LogP contribution in [0.5, 0.6) is 11.5 Å². The number of primary amides is 1. The molecule has 23 heavy (non-hydrogen) atoms. The van der Waals surface area contributed by atoms with Gasteiger partial charge < -0.3 is 15.2 Å². The second-order valence-electron chi connectivity index (χ2n) is 4.40. The van der Waals surface area contributed by atoms with Crippen LogP contribution in [-0.2, 0) is 0 Å². The van der Waals surface area contributed by atoms with Gasteiger partial charge in [-0.15, -0.1) is 0 Å². The van der Waals surface area contributed by atoms with Gasteiger partial charge in [-0.3, -0.25) is 0 Å². The number of carbonyl (C=O) groups is 2. The highest BCUT2D eigenvalue weighted by atomic mass is 16.6. The molecule has 0 saturated carbocycles. The van der Waals surface area contributed by atoms with E-state index in [0.29, 0.717) is 16.9 Å². The molecule has 0 saturated heterocycles. The van der Waals surface area contributed by atoms with Crippen LogP contribution in [0.1, 0.15) is 15.9 Å². The number of urea groups is 1. The van der Waals surface area contributed by atoms with Crippen LogP contribution >= 0.6 is 0 Å². The maximum Gasteiger partial charge on any atom is 0.343 e. The normalized spacial score (nSPS) is 10.3. The molecule has 2 aromatic rings. The molecule has 0 unspecified atom stereocenters. The highest BCUT2D eigenvalue weighted by Crippen LogP contribution is 2.28. The van der Waals surface area contributed by atoms with Gasteiger partial charge in [0.2, 0.25) is 0 Å². The minimum Gasteiger partial charge on any atom is -0.493 e. The lowest BCUT2D eigenvalue weighted by Gasteiger charge is -2.09. The Morgan fingerprint density at radius 1 is 1.13 bits per heavy atom. The number of carbonyl (C=O) groups excluding carboxylic acids is 2. The summed E-state index contributed by atoms with van der Waals surface area (Å²) < 4.78 is 10.5. The third-order valence-corrected chi connectivity index (χ3v) is 2.79. The molecular formula is C16H15N3O4. The van der Waals surface area contributed by atoms with Gasteiger partial charge in [-0.2, -0.15) is 5.10 Å². The van der Waals surface area contributed by atoms with Crippen molar-refractivity contribution < 1.29 is 19.1 Å². The number of hydrogen-bond donors (Lipinski definition) is 2. The molecule has 0 aliphatic heterocycles. The Bertz CT molecular complexity index is 729. The molecule has 0 aliphatic rings. The molecule has 0 bridgehead atoms. The fraction of sp³-hybridized carbons (Fsp3) is 0.0625. The van der Waals surface area contributed by atoms with E-state index in [9.17, 15) is 9.59 Å². The predicted octanol–water partition coefficient (Wildman–Crippen LogP) is 1.92. The highest BCUT2D eigenvalue weighted by molar-refractivity contribution is 5.91. The van der Waals surface area contributed by atoms with Crippen molar-refractivity contribution >= 4 is 18.2 Å². The summed E-state index contributed by atoms with van der Waals surface area (Å²) in [4.78, 5) is 22.6. The smallest absolute Gasteiger partial charge is 0.343 e. The molecule has 2 rings (SSSR count). The number of benzene rings is 2. The maximum atomic E-state index is 12.0. The van der Waals surface area contributed by atoms with E-state index < -0.39 is 12.0 Å². The van der Waals surface area contributed by atoms with Crippen molar-refractivity contribution in [2.24, 2.45) is 10.8 Å². The van der Waals surface area contributed by atoms with Crippen molar-refractivity contribution in [2.45, 2.75) is 0 Å². The van der Waals surface area contributed by atoms with Crippen molar-refractivity contribution in [3.63, 3.8) is 0 Å². The van der Waals surface area contributed by atoms with Crippen molar-refractivity contribution in [3.8, 4) is 11.5 Å². The maximum absolute atomic E-state index is 12.0. The number of nitrogens with one attached hydrogen (secondary N) is 1. The summed E-state index contributed by atoms with van der Waals surface area (Å²) in [5.74, 6) is 0.152. The topological polar surface area (TPSA) is 103 Å². The van der Waals surface area contributed by atoms with E-state index in [1.807, 2.05) is 6.07 Å². The summed E-state index contributed by atoms with van der Waals surface area (Å²) in [6, 6.07) is 12.7. The molecule has 0 aliphatic carbocycles. The number of nitrogens with zero attached hydrogens (tertiary/aromatic N) is 1. The molecule has 0 heterocycles. The zero-order valence-electron chi connectivity index (χ0n) is 12.4. The van der Waals surface area contributed by atoms with Crippen LogP contribution in [0.2, 0.25) is 0 Å². The number of methoxy groups -OCH3 is 1. The van der Waals surface area contributed by atoms with Gasteiger partial charge in [0.25, 0.3) is 0 Å². The zero-order valence-corrected chi connectivity index (χ0v) is 12.4. The number of hydrazone groups is 1. The fourth-order valence-electron chi connectivity index (χ4n) is 1.75. The first kappa shape index (κ1) is 16.0. The van der Waals surface area contributed by atoms with E-state index in [0.717, 1.165) is 0 Å². The van der Waals surface area contributed by atoms with Crippen molar-refractivity contribution in [3.05, 3.63) is 59.7 Å². The average Bonchev–Trinajstić information content (AvgIpc) is 2.56. The van der Waals surface area contributed by atoms with Gasteiger partial charge in [0.15, 0.2) is 11.5 Å². The number of esters is 1. The van der Waals surface area contributed by atoms with E-state index in [2.05, 4.69) is 10.5 Å². The Labute approximate surface area is 132 Å². The van der Waals surface area contributed by atoms with E-state index in [4.69, 9.17) is 15.2 Å². The van der Waals surface area contributed by atoms with Gasteiger partial charge in [0, 0.05) is 0 Å². The molecule has 0 atom stereocenters. The summed E-state index contributed by atoms with van der Waals surface area (Å²) in [7, 11) is 1.46. The molecule has 0 radical (unpaired) electrons. The van der Waals surface area contributed by atoms with Crippen LogP contribution in [0, 0.1) is 0 Å². The Balaban J connectivity index is 2.15. The summed E-state index contributed by atoms with van der Waals surface area (Å²) in [5.41, 5.74) is 8.05. The second kappa shape index (κ2) is 7.60. The summed E-state index contributed by atoms with van der Waals surface area (Å²) in [6.45, 7) is 0. The van der Waals surface area contributed by atoms with Crippen LogP contribution in [0.3, 0.4) is 0 Å². The lowest BCUT2D eigenvalue weighted by atomic mass is 10.2. The molecule has 0 aromatic heterocycles. The van der Waals surface area contributed by atoms with Crippen molar-refractivity contribution in [1.29, 1.82) is 0 Å². The molecule has 118 valence electrons. The van der Waals surface area contributed by atoms with Crippen LogP contribution in [-0.4, -0.2) is 25.3 Å². The number of hydrogen-bond acceptors (Lipinski definition) is 5. The third kappa shape index (κ3) is 4.57. The summed E-state index contributed by atoms with van der Waals surface area (Å²) in [5, 5.41) is 3.64. The van der Waals surface area contributed by atoms with Crippen molar-refractivity contribution in [2.75, 3.05) is 7.11 Å². The second-order valence-corrected chi connectivity index (χ2v) is 4.40. The van der Waals surface area contributed by atoms with Crippen LogP contribution in [0.25, 0.3) is 0 Å². The first-order valence-corrected chi connectivity index (χ1v) is 6.64. The predicted molar refractivity (Wildman–Crippen MR) is 84.7 cm³/mol. The van der Waals surface area contributed by atoms with Gasteiger partial charge in [-0.1, -0.05) is 18.2 Å². The van der Waals surface area contributed by atoms with Gasteiger partial charge in [0.1, 0.15) is 0 Å². The molecular weight excluding hydrogens is 298 g/mol. The largest absolute Gasteiger partial charge is 0.493 e. The lowest BCUT2D eigenvalue weighted by Crippen LogP contribution is -2.24. The van der Waals surface area contributed by atoms with Crippen LogP contribution in [0.15, 0.2) is 53.6 Å². The molecule has 2 amide bonds. The van der Waals surface area contributed by atoms with E-state index >= 15 is 0 Å². The first-order valence-electron chi connectivity index (χ1n) is 6.64. The highest BCUT2D eigenvalue weighted by Gasteiger charge is 2.12. The summed E-state index contributed by atoms with van der Waals surface area (Å²) >= 11 is 0. The summed E-state index contributed by atoms with van der Waals surface area (Å²) in [6.07, 6.45) is 1.38. The Kier molecular flexibility index (Phi) is 5.30.